The summed E-state index contributed by atoms with van der Waals surface area (Å²) in [5.41, 5.74) is 7.77. The van der Waals surface area contributed by atoms with E-state index in [1.54, 1.807) is 36.7 Å². The van der Waals surface area contributed by atoms with Gasteiger partial charge in [0, 0.05) is 12.4 Å². The van der Waals surface area contributed by atoms with Crippen LogP contribution in [0.5, 0.6) is 5.75 Å². The Kier molecular flexibility index (Phi) is 7.58. The molecule has 2 aromatic carbocycles. The maximum Gasteiger partial charge on any atom is 0.307 e. The summed E-state index contributed by atoms with van der Waals surface area (Å²) in [6, 6.07) is 19.2. The third-order valence-corrected chi connectivity index (χ3v) is 4.39. The van der Waals surface area contributed by atoms with E-state index in [0.717, 1.165) is 22.4 Å². The van der Waals surface area contributed by atoms with Gasteiger partial charge in [-0.15, -0.1) is 0 Å². The molecular formula is C24H24N2O4. The second-order valence-electron chi connectivity index (χ2n) is 6.53. The number of nitrogens with zero attached hydrogens (tertiary/aromatic N) is 1. The molecule has 2 N–H and O–H groups in total. The highest BCUT2D eigenvalue weighted by atomic mass is 16.7. The number of nitrogens with one attached hydrogen (secondary N) is 1. The van der Waals surface area contributed by atoms with Crippen molar-refractivity contribution in [3.8, 4) is 16.9 Å². The van der Waals surface area contributed by atoms with Crippen LogP contribution in [0.15, 0.2) is 79.1 Å². The number of aliphatic carboxylic acids is 1. The summed E-state index contributed by atoms with van der Waals surface area (Å²) < 4.78 is 5.63. The van der Waals surface area contributed by atoms with Crippen LogP contribution in [0, 0.1) is 0 Å². The van der Waals surface area contributed by atoms with Gasteiger partial charge in [-0.1, -0.05) is 42.5 Å². The van der Waals surface area contributed by atoms with E-state index >= 15 is 0 Å². The average Bonchev–Trinajstić information content (AvgIpc) is 2.77. The van der Waals surface area contributed by atoms with Crippen LogP contribution in [0.1, 0.15) is 18.1 Å². The van der Waals surface area contributed by atoms with Gasteiger partial charge in [0.1, 0.15) is 19.0 Å². The van der Waals surface area contributed by atoms with Crippen molar-refractivity contribution in [3.63, 3.8) is 0 Å². The van der Waals surface area contributed by atoms with Crippen LogP contribution < -0.4 is 10.2 Å². The van der Waals surface area contributed by atoms with Crippen LogP contribution in [0.3, 0.4) is 0 Å². The predicted octanol–water partition coefficient (Wildman–Crippen LogP) is 4.34. The minimum atomic E-state index is -0.868. The molecule has 0 atom stereocenters. The molecule has 0 radical (unpaired) electrons. The van der Waals surface area contributed by atoms with E-state index in [-0.39, 0.29) is 6.42 Å². The highest BCUT2D eigenvalue weighted by Crippen LogP contribution is 2.21. The van der Waals surface area contributed by atoms with Crippen molar-refractivity contribution in [2.45, 2.75) is 13.3 Å². The van der Waals surface area contributed by atoms with Crippen molar-refractivity contribution < 1.29 is 19.5 Å². The SMILES string of the molecule is CC=C(NOCCOc1cccc(CC(=O)O)c1)c1ccc(-c2ccncc2)cc1. The molecular weight excluding hydrogens is 380 g/mol. The lowest BCUT2D eigenvalue weighted by Gasteiger charge is -2.13. The number of pyridine rings is 1. The Balaban J connectivity index is 1.46. The molecule has 154 valence electrons. The summed E-state index contributed by atoms with van der Waals surface area (Å²) in [7, 11) is 0. The molecule has 0 fully saturated rings. The highest BCUT2D eigenvalue weighted by molar-refractivity contribution is 5.70. The van der Waals surface area contributed by atoms with E-state index in [9.17, 15) is 4.79 Å². The molecule has 3 rings (SSSR count). The first-order valence-corrected chi connectivity index (χ1v) is 9.64. The first-order chi connectivity index (χ1) is 14.7. The molecule has 0 saturated heterocycles. The first kappa shape index (κ1) is 21.1. The smallest absolute Gasteiger partial charge is 0.307 e. The lowest BCUT2D eigenvalue weighted by atomic mass is 10.0. The van der Waals surface area contributed by atoms with Crippen LogP contribution in [0.25, 0.3) is 16.8 Å². The number of benzene rings is 2. The fraction of sp³-hybridized carbons (Fsp3) is 0.167. The Morgan fingerprint density at radius 3 is 2.47 bits per heavy atom. The third-order valence-electron chi connectivity index (χ3n) is 4.39. The van der Waals surface area contributed by atoms with Gasteiger partial charge in [-0.2, -0.15) is 0 Å². The van der Waals surface area contributed by atoms with Gasteiger partial charge in [0.2, 0.25) is 0 Å². The molecule has 0 unspecified atom stereocenters. The van der Waals surface area contributed by atoms with E-state index in [4.69, 9.17) is 14.7 Å². The van der Waals surface area contributed by atoms with Gasteiger partial charge in [0.25, 0.3) is 0 Å². The van der Waals surface area contributed by atoms with Crippen molar-refractivity contribution in [1.29, 1.82) is 0 Å². The minimum Gasteiger partial charge on any atom is -0.491 e. The Morgan fingerprint density at radius 1 is 1.03 bits per heavy atom. The lowest BCUT2D eigenvalue weighted by Crippen LogP contribution is -2.17. The van der Waals surface area contributed by atoms with Crippen LogP contribution in [0.2, 0.25) is 0 Å². The van der Waals surface area contributed by atoms with Crippen LogP contribution in [0.4, 0.5) is 0 Å². The number of hydrogen-bond donors (Lipinski definition) is 2. The number of hydroxylamine groups is 1. The van der Waals surface area contributed by atoms with Crippen LogP contribution in [-0.4, -0.2) is 29.3 Å². The molecule has 1 heterocycles. The molecule has 1 aromatic heterocycles. The number of rotatable bonds is 10. The Hall–Kier alpha value is -3.64. The summed E-state index contributed by atoms with van der Waals surface area (Å²) in [5, 5.41) is 8.87. The van der Waals surface area contributed by atoms with E-state index in [2.05, 4.69) is 22.6 Å². The zero-order chi connectivity index (χ0) is 21.2. The normalized spacial score (nSPS) is 11.2. The summed E-state index contributed by atoms with van der Waals surface area (Å²) in [4.78, 5) is 20.4. The molecule has 0 aliphatic carbocycles. The van der Waals surface area contributed by atoms with Crippen LogP contribution >= 0.6 is 0 Å². The fourth-order valence-electron chi connectivity index (χ4n) is 2.92. The first-order valence-electron chi connectivity index (χ1n) is 9.64. The molecule has 6 nitrogen and oxygen atoms in total. The predicted molar refractivity (Wildman–Crippen MR) is 116 cm³/mol. The van der Waals surface area contributed by atoms with Gasteiger partial charge in [0.05, 0.1) is 12.1 Å². The van der Waals surface area contributed by atoms with E-state index in [1.165, 1.54) is 0 Å². The topological polar surface area (TPSA) is 80.7 Å². The molecule has 0 aliphatic rings. The second-order valence-corrected chi connectivity index (χ2v) is 6.53. The maximum atomic E-state index is 10.8. The quantitative estimate of drug-likeness (QED) is 0.387. The molecule has 6 heteroatoms. The van der Waals surface area contributed by atoms with Gasteiger partial charge in [-0.3, -0.25) is 20.1 Å². The number of carboxylic acid groups (broad SMARTS) is 1. The van der Waals surface area contributed by atoms with Gasteiger partial charge in [-0.25, -0.2) is 0 Å². The number of ether oxygens (including phenoxy) is 1. The summed E-state index contributed by atoms with van der Waals surface area (Å²) in [6.07, 6.45) is 5.47. The molecule has 3 aromatic rings. The van der Waals surface area contributed by atoms with E-state index < -0.39 is 5.97 Å². The fourth-order valence-corrected chi connectivity index (χ4v) is 2.92. The molecule has 0 spiro atoms. The number of allylic oxidation sites excluding steroid dienone is 1. The van der Waals surface area contributed by atoms with Gasteiger partial charge in [0.15, 0.2) is 0 Å². The van der Waals surface area contributed by atoms with Crippen molar-refractivity contribution in [3.05, 3.63) is 90.3 Å². The zero-order valence-corrected chi connectivity index (χ0v) is 16.7. The largest absolute Gasteiger partial charge is 0.491 e. The maximum absolute atomic E-state index is 10.8. The summed E-state index contributed by atoms with van der Waals surface area (Å²) in [6.45, 7) is 2.60. The Morgan fingerprint density at radius 2 is 1.77 bits per heavy atom. The average molecular weight is 404 g/mol. The number of aromatic nitrogens is 1. The minimum absolute atomic E-state index is 0.0279. The van der Waals surface area contributed by atoms with E-state index in [1.807, 2.05) is 37.3 Å². The monoisotopic (exact) mass is 404 g/mol. The standard InChI is InChI=1S/C24H24N2O4/c1-2-23(21-8-6-19(7-9-21)20-10-12-25-13-11-20)26-30-15-14-29-22-5-3-4-18(16-22)17-24(27)28/h2-13,16,26H,14-15,17H2,1H3,(H,27,28). The Bertz CT molecular complexity index is 986. The summed E-state index contributed by atoms with van der Waals surface area (Å²) >= 11 is 0. The van der Waals surface area contributed by atoms with Crippen molar-refractivity contribution in [2.75, 3.05) is 13.2 Å². The molecule has 0 aliphatic heterocycles. The van der Waals surface area contributed by atoms with E-state index in [0.29, 0.717) is 24.5 Å². The van der Waals surface area contributed by atoms with Gasteiger partial charge >= 0.3 is 5.97 Å². The second kappa shape index (κ2) is 10.8. The lowest BCUT2D eigenvalue weighted by molar-refractivity contribution is -0.136. The number of hydrogen-bond acceptors (Lipinski definition) is 5. The Labute approximate surface area is 175 Å². The zero-order valence-electron chi connectivity index (χ0n) is 16.7. The highest BCUT2D eigenvalue weighted by Gasteiger charge is 2.04. The molecule has 0 amide bonds. The van der Waals surface area contributed by atoms with Crippen molar-refractivity contribution in [1.82, 2.24) is 10.5 Å². The number of carboxylic acids is 1. The summed E-state index contributed by atoms with van der Waals surface area (Å²) in [5.74, 6) is -0.248. The van der Waals surface area contributed by atoms with Crippen LogP contribution in [-0.2, 0) is 16.1 Å². The van der Waals surface area contributed by atoms with Crippen molar-refractivity contribution >= 4 is 11.7 Å². The van der Waals surface area contributed by atoms with Gasteiger partial charge in [-0.05, 0) is 53.4 Å². The number of carbonyl (C=O) groups is 1. The molecule has 0 bridgehead atoms. The third kappa shape index (κ3) is 6.18. The van der Waals surface area contributed by atoms with Gasteiger partial charge < -0.3 is 9.84 Å². The molecule has 0 saturated carbocycles. The van der Waals surface area contributed by atoms with Crippen molar-refractivity contribution in [2.24, 2.45) is 0 Å². The molecule has 30 heavy (non-hydrogen) atoms.